The summed E-state index contributed by atoms with van der Waals surface area (Å²) in [5.74, 6) is 0.485. The largest absolute Gasteiger partial charge is 0.351 e. The minimum absolute atomic E-state index is 0.0483. The molecule has 166 valence electrons. The summed E-state index contributed by atoms with van der Waals surface area (Å²) in [4.78, 5) is 6.92. The molecule has 5 heteroatoms. The van der Waals surface area contributed by atoms with E-state index in [0.717, 1.165) is 22.8 Å². The molecule has 0 aliphatic carbocycles. The predicted molar refractivity (Wildman–Crippen MR) is 139 cm³/mol. The lowest BCUT2D eigenvalue weighted by atomic mass is 9.99. The van der Waals surface area contributed by atoms with E-state index in [9.17, 15) is 0 Å². The fourth-order valence-electron chi connectivity index (χ4n) is 4.60. The molecule has 1 aliphatic heterocycles. The minimum Gasteiger partial charge on any atom is -0.351 e. The van der Waals surface area contributed by atoms with Gasteiger partial charge >= 0.3 is 0 Å². The third kappa shape index (κ3) is 4.05. The number of anilines is 1. The first-order valence-electron chi connectivity index (χ1n) is 11.4. The Kier molecular flexibility index (Phi) is 5.73. The van der Waals surface area contributed by atoms with Crippen molar-refractivity contribution in [3.8, 4) is 5.69 Å². The van der Waals surface area contributed by atoms with E-state index >= 15 is 0 Å². The summed E-state index contributed by atoms with van der Waals surface area (Å²) in [6, 6.07) is 27.6. The van der Waals surface area contributed by atoms with Gasteiger partial charge in [0.05, 0.1) is 11.7 Å². The van der Waals surface area contributed by atoms with Crippen LogP contribution in [-0.2, 0) is 0 Å². The van der Waals surface area contributed by atoms with E-state index in [1.807, 2.05) is 18.3 Å². The van der Waals surface area contributed by atoms with Crippen molar-refractivity contribution in [3.05, 3.63) is 114 Å². The number of nitrogens with one attached hydrogen (secondary N) is 1. The van der Waals surface area contributed by atoms with Crippen molar-refractivity contribution in [1.82, 2.24) is 14.9 Å². The van der Waals surface area contributed by atoms with Crippen molar-refractivity contribution in [2.45, 2.75) is 38.8 Å². The third-order valence-corrected chi connectivity index (χ3v) is 6.61. The van der Waals surface area contributed by atoms with Crippen molar-refractivity contribution in [3.63, 3.8) is 0 Å². The average Bonchev–Trinajstić information content (AvgIpc) is 3.44. The van der Waals surface area contributed by atoms with Crippen LogP contribution in [0.4, 0.5) is 5.69 Å². The first kappa shape index (κ1) is 21.4. The lowest BCUT2D eigenvalue weighted by molar-refractivity contribution is 0.549. The van der Waals surface area contributed by atoms with Gasteiger partial charge in [0.2, 0.25) is 0 Å². The molecular weight excluding hydrogens is 424 g/mol. The van der Waals surface area contributed by atoms with Crippen LogP contribution in [-0.4, -0.2) is 14.7 Å². The van der Waals surface area contributed by atoms with Crippen LogP contribution in [0.1, 0.15) is 54.4 Å². The summed E-state index contributed by atoms with van der Waals surface area (Å²) >= 11 is 5.89. The Morgan fingerprint density at radius 3 is 2.42 bits per heavy atom. The molecule has 4 aromatic rings. The molecule has 2 unspecified atom stereocenters. The molecular formula is C28H28N4S. The van der Waals surface area contributed by atoms with Gasteiger partial charge in [0, 0.05) is 29.5 Å². The van der Waals surface area contributed by atoms with Crippen molar-refractivity contribution >= 4 is 23.0 Å². The topological polar surface area (TPSA) is 33.1 Å². The quantitative estimate of drug-likeness (QED) is 0.351. The Morgan fingerprint density at radius 2 is 1.73 bits per heavy atom. The van der Waals surface area contributed by atoms with Crippen LogP contribution in [0.5, 0.6) is 0 Å². The lowest BCUT2D eigenvalue weighted by Gasteiger charge is -2.29. The van der Waals surface area contributed by atoms with E-state index in [4.69, 9.17) is 12.2 Å². The maximum atomic E-state index is 5.89. The van der Waals surface area contributed by atoms with Gasteiger partial charge in [-0.2, -0.15) is 0 Å². The molecule has 0 saturated carbocycles. The molecule has 1 aliphatic rings. The fraction of sp³-hybridized carbons (Fsp3) is 0.214. The SMILES string of the molecule is Cc1cccc(-n2cccc2C2C(c3ccccn3)NC(=S)N2c2ccc(C(C)C)cc2)c1. The molecule has 2 atom stereocenters. The number of aryl methyl sites for hydroxylation is 1. The minimum atomic E-state index is -0.0677. The van der Waals surface area contributed by atoms with E-state index in [1.54, 1.807) is 0 Å². The second kappa shape index (κ2) is 8.83. The van der Waals surface area contributed by atoms with Crippen molar-refractivity contribution in [1.29, 1.82) is 0 Å². The standard InChI is InChI=1S/C28H28N4S/c1-19(2)21-12-14-22(15-13-21)32-27(26(30-28(32)33)24-10-4-5-16-29-24)25-11-7-17-31(25)23-9-6-8-20(3)18-23/h4-19,26-27H,1-3H3,(H,30,33). The first-order chi connectivity index (χ1) is 16.0. The van der Waals surface area contributed by atoms with Gasteiger partial charge in [-0.15, -0.1) is 0 Å². The zero-order valence-corrected chi connectivity index (χ0v) is 20.0. The van der Waals surface area contributed by atoms with E-state index in [1.165, 1.54) is 11.1 Å². The average molecular weight is 453 g/mol. The number of aromatic nitrogens is 2. The second-order valence-electron chi connectivity index (χ2n) is 8.88. The summed E-state index contributed by atoms with van der Waals surface area (Å²) in [7, 11) is 0. The van der Waals surface area contributed by atoms with Gasteiger partial charge in [0.15, 0.2) is 5.11 Å². The molecule has 1 fully saturated rings. The molecule has 2 aromatic heterocycles. The summed E-state index contributed by atoms with van der Waals surface area (Å²) in [5, 5.41) is 4.28. The molecule has 0 bridgehead atoms. The summed E-state index contributed by atoms with van der Waals surface area (Å²) in [6.07, 6.45) is 3.97. The summed E-state index contributed by atoms with van der Waals surface area (Å²) in [5.41, 5.74) is 6.91. The van der Waals surface area contributed by atoms with Crippen LogP contribution in [0.2, 0.25) is 0 Å². The number of pyridine rings is 1. The summed E-state index contributed by atoms with van der Waals surface area (Å²) in [6.45, 7) is 6.55. The zero-order chi connectivity index (χ0) is 22.9. The second-order valence-corrected chi connectivity index (χ2v) is 9.27. The van der Waals surface area contributed by atoms with Crippen LogP contribution in [0.25, 0.3) is 5.69 Å². The van der Waals surface area contributed by atoms with Crippen LogP contribution in [0.15, 0.2) is 91.3 Å². The molecule has 2 aromatic carbocycles. The number of hydrogen-bond donors (Lipinski definition) is 1. The smallest absolute Gasteiger partial charge is 0.174 e. The lowest BCUT2D eigenvalue weighted by Crippen LogP contribution is -2.30. The Hall–Kier alpha value is -3.44. The highest BCUT2D eigenvalue weighted by atomic mass is 32.1. The van der Waals surface area contributed by atoms with Gasteiger partial charge in [-0.1, -0.05) is 44.2 Å². The van der Waals surface area contributed by atoms with Crippen LogP contribution in [0.3, 0.4) is 0 Å². The Morgan fingerprint density at radius 1 is 0.909 bits per heavy atom. The molecule has 0 radical (unpaired) electrons. The highest BCUT2D eigenvalue weighted by molar-refractivity contribution is 7.80. The molecule has 0 amide bonds. The maximum Gasteiger partial charge on any atom is 0.174 e. The Labute approximate surface area is 200 Å². The number of thiocarbonyl (C=S) groups is 1. The molecule has 0 spiro atoms. The first-order valence-corrected chi connectivity index (χ1v) is 11.8. The van der Waals surface area contributed by atoms with Crippen LogP contribution < -0.4 is 10.2 Å². The van der Waals surface area contributed by atoms with Crippen molar-refractivity contribution in [2.24, 2.45) is 0 Å². The monoisotopic (exact) mass is 452 g/mol. The predicted octanol–water partition coefficient (Wildman–Crippen LogP) is 6.48. The van der Waals surface area contributed by atoms with E-state index in [2.05, 4.69) is 113 Å². The Balaban J connectivity index is 1.64. The number of hydrogen-bond acceptors (Lipinski definition) is 2. The van der Waals surface area contributed by atoms with Gasteiger partial charge in [0.1, 0.15) is 6.04 Å². The van der Waals surface area contributed by atoms with Gasteiger partial charge in [-0.05, 0) is 84.7 Å². The van der Waals surface area contributed by atoms with Crippen LogP contribution in [0, 0.1) is 6.92 Å². The third-order valence-electron chi connectivity index (χ3n) is 6.30. The number of rotatable bonds is 5. The molecule has 5 rings (SSSR count). The molecule has 3 heterocycles. The molecule has 33 heavy (non-hydrogen) atoms. The van der Waals surface area contributed by atoms with Crippen molar-refractivity contribution < 1.29 is 0 Å². The van der Waals surface area contributed by atoms with Crippen LogP contribution >= 0.6 is 12.2 Å². The van der Waals surface area contributed by atoms with Crippen molar-refractivity contribution in [2.75, 3.05) is 4.90 Å². The maximum absolute atomic E-state index is 5.89. The highest BCUT2D eigenvalue weighted by Gasteiger charge is 2.42. The number of benzene rings is 2. The molecule has 1 saturated heterocycles. The summed E-state index contributed by atoms with van der Waals surface area (Å²) < 4.78 is 2.26. The zero-order valence-electron chi connectivity index (χ0n) is 19.1. The highest BCUT2D eigenvalue weighted by Crippen LogP contribution is 2.42. The van der Waals surface area contributed by atoms with E-state index < -0.39 is 0 Å². The normalized spacial score (nSPS) is 18.1. The van der Waals surface area contributed by atoms with Gasteiger partial charge in [-0.25, -0.2) is 0 Å². The van der Waals surface area contributed by atoms with E-state index in [-0.39, 0.29) is 12.1 Å². The number of nitrogens with zero attached hydrogens (tertiary/aromatic N) is 3. The van der Waals surface area contributed by atoms with Gasteiger partial charge < -0.3 is 14.8 Å². The molecule has 1 N–H and O–H groups in total. The van der Waals surface area contributed by atoms with E-state index in [0.29, 0.717) is 11.0 Å². The fourth-order valence-corrected chi connectivity index (χ4v) is 4.95. The van der Waals surface area contributed by atoms with Gasteiger partial charge in [-0.3, -0.25) is 4.98 Å². The molecule has 4 nitrogen and oxygen atoms in total. The van der Waals surface area contributed by atoms with Gasteiger partial charge in [0.25, 0.3) is 0 Å². The Bertz CT molecular complexity index is 1260.